The topological polar surface area (TPSA) is 40.5 Å². The van der Waals surface area contributed by atoms with Gasteiger partial charge in [0.2, 0.25) is 0 Å². The number of hydrogen-bond acceptors (Lipinski definition) is 3. The Morgan fingerprint density at radius 2 is 2.00 bits per heavy atom. The van der Waals surface area contributed by atoms with E-state index in [1.165, 1.54) is 19.3 Å². The first kappa shape index (κ1) is 13.7. The van der Waals surface area contributed by atoms with Crippen LogP contribution in [-0.2, 0) is 4.79 Å². The second kappa shape index (κ2) is 5.78. The predicted octanol–water partition coefficient (Wildman–Crippen LogP) is 1.84. The third kappa shape index (κ3) is 3.87. The van der Waals surface area contributed by atoms with Crippen LogP contribution in [0.1, 0.15) is 46.5 Å². The molecule has 0 amide bonds. The molecule has 1 saturated carbocycles. The number of ketones is 1. The molecular weight excluding hydrogens is 202 g/mol. The van der Waals surface area contributed by atoms with Gasteiger partial charge in [0.1, 0.15) is 0 Å². The molecule has 0 spiro atoms. The Kier molecular flexibility index (Phi) is 4.93. The molecule has 0 aliphatic heterocycles. The van der Waals surface area contributed by atoms with Gasteiger partial charge >= 0.3 is 0 Å². The highest BCUT2D eigenvalue weighted by molar-refractivity contribution is 5.85. The summed E-state index contributed by atoms with van der Waals surface area (Å²) < 4.78 is 0. The van der Waals surface area contributed by atoms with Crippen molar-refractivity contribution >= 4 is 5.78 Å². The fraction of sp³-hybridized carbons (Fsp3) is 0.923. The van der Waals surface area contributed by atoms with Crippen molar-refractivity contribution in [2.24, 2.45) is 5.41 Å². The number of aliphatic hydroxyl groups excluding tert-OH is 1. The molecule has 1 aliphatic rings. The quantitative estimate of drug-likeness (QED) is 0.752. The molecule has 0 aromatic heterocycles. The second-order valence-electron chi connectivity index (χ2n) is 5.81. The molecule has 0 saturated heterocycles. The average molecular weight is 227 g/mol. The van der Waals surface area contributed by atoms with Crippen LogP contribution in [0.4, 0.5) is 0 Å². The lowest BCUT2D eigenvalue weighted by atomic mass is 9.87. The van der Waals surface area contributed by atoms with Crippen molar-refractivity contribution in [2.45, 2.75) is 52.5 Å². The van der Waals surface area contributed by atoms with Gasteiger partial charge in [-0.15, -0.1) is 0 Å². The monoisotopic (exact) mass is 227 g/mol. The van der Waals surface area contributed by atoms with Gasteiger partial charge in [-0.1, -0.05) is 27.2 Å². The van der Waals surface area contributed by atoms with Crippen LogP contribution in [0.2, 0.25) is 0 Å². The van der Waals surface area contributed by atoms with Gasteiger partial charge in [0.15, 0.2) is 5.78 Å². The number of hydrogen-bond donors (Lipinski definition) is 1. The van der Waals surface area contributed by atoms with E-state index in [-0.39, 0.29) is 12.0 Å². The summed E-state index contributed by atoms with van der Waals surface area (Å²) in [5.41, 5.74) is -0.249. The molecule has 3 heteroatoms. The van der Waals surface area contributed by atoms with E-state index in [2.05, 4.69) is 4.90 Å². The van der Waals surface area contributed by atoms with Gasteiger partial charge < -0.3 is 5.11 Å². The minimum atomic E-state index is -0.249. The van der Waals surface area contributed by atoms with Gasteiger partial charge in [0.25, 0.3) is 0 Å². The minimum Gasteiger partial charge on any atom is -0.396 e. The van der Waals surface area contributed by atoms with Gasteiger partial charge in [-0.05, 0) is 19.3 Å². The highest BCUT2D eigenvalue weighted by Crippen LogP contribution is 2.26. The number of Topliss-reactive ketones (excluding diaryl/α,β-unsaturated/α-hetero) is 1. The molecule has 0 bridgehead atoms. The summed E-state index contributed by atoms with van der Waals surface area (Å²) in [6.45, 7) is 7.53. The minimum absolute atomic E-state index is 0.215. The van der Waals surface area contributed by atoms with Crippen molar-refractivity contribution in [1.82, 2.24) is 4.90 Å². The molecule has 0 aromatic carbocycles. The average Bonchev–Trinajstić information content (AvgIpc) is 2.09. The smallest absolute Gasteiger partial charge is 0.152 e. The van der Waals surface area contributed by atoms with E-state index < -0.39 is 0 Å². The van der Waals surface area contributed by atoms with Crippen LogP contribution < -0.4 is 0 Å². The van der Waals surface area contributed by atoms with Crippen molar-refractivity contribution < 1.29 is 9.90 Å². The summed E-state index contributed by atoms with van der Waals surface area (Å²) in [5.74, 6) is 0.303. The van der Waals surface area contributed by atoms with Crippen molar-refractivity contribution in [3.63, 3.8) is 0 Å². The molecule has 0 unspecified atom stereocenters. The Morgan fingerprint density at radius 3 is 2.38 bits per heavy atom. The van der Waals surface area contributed by atoms with E-state index in [1.54, 1.807) is 0 Å². The van der Waals surface area contributed by atoms with Crippen LogP contribution in [-0.4, -0.2) is 41.5 Å². The van der Waals surface area contributed by atoms with Gasteiger partial charge in [-0.25, -0.2) is 0 Å². The summed E-state index contributed by atoms with van der Waals surface area (Å²) >= 11 is 0. The number of carbonyl (C=O) groups is 1. The number of aliphatic hydroxyl groups is 1. The Hall–Kier alpha value is -0.410. The number of carbonyl (C=O) groups excluding carboxylic acids is 1. The Bertz CT molecular complexity index is 229. The zero-order valence-corrected chi connectivity index (χ0v) is 10.8. The lowest BCUT2D eigenvalue weighted by molar-refractivity contribution is -0.128. The van der Waals surface area contributed by atoms with E-state index in [4.69, 9.17) is 5.11 Å². The molecule has 16 heavy (non-hydrogen) atoms. The molecule has 1 N–H and O–H groups in total. The zero-order valence-electron chi connectivity index (χ0n) is 10.8. The summed E-state index contributed by atoms with van der Waals surface area (Å²) in [5, 5.41) is 8.87. The number of rotatable bonds is 6. The van der Waals surface area contributed by atoms with Crippen LogP contribution >= 0.6 is 0 Å². The fourth-order valence-corrected chi connectivity index (χ4v) is 1.84. The Morgan fingerprint density at radius 1 is 1.38 bits per heavy atom. The molecule has 0 heterocycles. The lowest BCUT2D eigenvalue weighted by Gasteiger charge is -2.38. The van der Waals surface area contributed by atoms with Crippen LogP contribution in [0.5, 0.6) is 0 Å². The molecule has 1 rings (SSSR count). The predicted molar refractivity (Wildman–Crippen MR) is 65.4 cm³/mol. The van der Waals surface area contributed by atoms with Gasteiger partial charge in [0.05, 0.1) is 6.54 Å². The summed E-state index contributed by atoms with van der Waals surface area (Å²) in [6, 6.07) is 0.581. The molecule has 0 atom stereocenters. The zero-order chi connectivity index (χ0) is 12.2. The first-order valence-corrected chi connectivity index (χ1v) is 6.33. The second-order valence-corrected chi connectivity index (χ2v) is 5.81. The van der Waals surface area contributed by atoms with Crippen LogP contribution in [0.25, 0.3) is 0 Å². The van der Waals surface area contributed by atoms with Crippen molar-refractivity contribution in [3.05, 3.63) is 0 Å². The maximum absolute atomic E-state index is 12.0. The number of nitrogens with zero attached hydrogens (tertiary/aromatic N) is 1. The van der Waals surface area contributed by atoms with E-state index >= 15 is 0 Å². The standard InChI is InChI=1S/C13H25NO2/c1-13(2,3)12(16)10-14(8-5-9-15)11-6-4-7-11/h11,15H,4-10H2,1-3H3. The molecule has 0 radical (unpaired) electrons. The highest BCUT2D eigenvalue weighted by atomic mass is 16.3. The first-order valence-electron chi connectivity index (χ1n) is 6.33. The molecule has 1 aliphatic carbocycles. The molecular formula is C13H25NO2. The fourth-order valence-electron chi connectivity index (χ4n) is 1.84. The summed E-state index contributed by atoms with van der Waals surface area (Å²) in [7, 11) is 0. The van der Waals surface area contributed by atoms with E-state index in [9.17, 15) is 4.79 Å². The van der Waals surface area contributed by atoms with Gasteiger partial charge in [-0.3, -0.25) is 9.69 Å². The Balaban J connectivity index is 2.45. The van der Waals surface area contributed by atoms with Gasteiger partial charge in [0, 0.05) is 24.6 Å². The maximum Gasteiger partial charge on any atom is 0.152 e. The van der Waals surface area contributed by atoms with Crippen LogP contribution in [0.15, 0.2) is 0 Å². The molecule has 94 valence electrons. The molecule has 3 nitrogen and oxygen atoms in total. The SMILES string of the molecule is CC(C)(C)C(=O)CN(CCCO)C1CCC1. The largest absolute Gasteiger partial charge is 0.396 e. The van der Waals surface area contributed by atoms with Crippen LogP contribution in [0, 0.1) is 5.41 Å². The normalized spacial score (nSPS) is 17.6. The first-order chi connectivity index (χ1) is 7.45. The van der Waals surface area contributed by atoms with Crippen molar-refractivity contribution in [1.29, 1.82) is 0 Å². The van der Waals surface area contributed by atoms with E-state index in [0.29, 0.717) is 18.4 Å². The third-order valence-corrected chi connectivity index (χ3v) is 3.38. The van der Waals surface area contributed by atoms with Crippen LogP contribution in [0.3, 0.4) is 0 Å². The van der Waals surface area contributed by atoms with Crippen molar-refractivity contribution in [3.8, 4) is 0 Å². The van der Waals surface area contributed by atoms with E-state index in [1.807, 2.05) is 20.8 Å². The molecule has 1 fully saturated rings. The van der Waals surface area contributed by atoms with Gasteiger partial charge in [-0.2, -0.15) is 0 Å². The summed E-state index contributed by atoms with van der Waals surface area (Å²) in [6.07, 6.45) is 4.48. The lowest BCUT2D eigenvalue weighted by Crippen LogP contribution is -2.45. The maximum atomic E-state index is 12.0. The summed E-state index contributed by atoms with van der Waals surface area (Å²) in [4.78, 5) is 14.2. The third-order valence-electron chi connectivity index (χ3n) is 3.38. The van der Waals surface area contributed by atoms with Crippen molar-refractivity contribution in [2.75, 3.05) is 19.7 Å². The Labute approximate surface area is 98.8 Å². The molecule has 0 aromatic rings. The van der Waals surface area contributed by atoms with E-state index in [0.717, 1.165) is 13.0 Å². The highest BCUT2D eigenvalue weighted by Gasteiger charge is 2.29.